The fourth-order valence-corrected chi connectivity index (χ4v) is 8.50. The Bertz CT molecular complexity index is 1710. The van der Waals surface area contributed by atoms with Gasteiger partial charge in [0.25, 0.3) is 0 Å². The molecule has 6 unspecified atom stereocenters. The Morgan fingerprint density at radius 1 is 0.442 bits per heavy atom. The first-order chi connectivity index (χ1) is 37.6. The number of rotatable bonds is 50. The number of esters is 3. The predicted octanol–water partition coefficient (Wildman–Crippen LogP) is 15.7. The van der Waals surface area contributed by atoms with Gasteiger partial charge in [-0.15, -0.1) is 0 Å². The van der Waals surface area contributed by atoms with Crippen molar-refractivity contribution in [1.82, 2.24) is 0 Å². The lowest BCUT2D eigenvalue weighted by Gasteiger charge is -2.40. The highest BCUT2D eigenvalue weighted by Crippen LogP contribution is 2.26. The number of carboxylic acids is 1. The van der Waals surface area contributed by atoms with Crippen LogP contribution < -0.4 is 0 Å². The van der Waals surface area contributed by atoms with E-state index < -0.39 is 67.3 Å². The highest BCUT2D eigenvalue weighted by atomic mass is 16.7. The van der Waals surface area contributed by atoms with Crippen molar-refractivity contribution in [1.29, 1.82) is 0 Å². The number of aliphatic carboxylic acids is 1. The van der Waals surface area contributed by atoms with Crippen molar-refractivity contribution in [2.24, 2.45) is 0 Å². The molecule has 77 heavy (non-hydrogen) atoms. The number of allylic oxidation sites excluding steroid dienone is 16. The predicted molar refractivity (Wildman–Crippen MR) is 312 cm³/mol. The molecule has 0 aromatic rings. The van der Waals surface area contributed by atoms with Crippen LogP contribution in [0.25, 0.3) is 0 Å². The first-order valence-electron chi connectivity index (χ1n) is 30.2. The fraction of sp³-hybridized carbons (Fsp3) is 0.692. The van der Waals surface area contributed by atoms with Gasteiger partial charge in [-0.3, -0.25) is 14.4 Å². The number of hydrogen-bond donors (Lipinski definition) is 3. The van der Waals surface area contributed by atoms with Crippen LogP contribution in [0.2, 0.25) is 0 Å². The molecule has 1 fully saturated rings. The molecule has 1 saturated heterocycles. The third-order valence-corrected chi connectivity index (χ3v) is 13.1. The monoisotopic (exact) mass is 1080 g/mol. The Morgan fingerprint density at radius 3 is 1.30 bits per heavy atom. The SMILES string of the molecule is CC/C=C\C/C=C\C/C=C\C/C=C\CCC(=O)OC(COC(=O)CCCCCCCCCCC/C=C\C/C=C\CCCCC)COC1OC(C(=O)O)C(O)C(O)C1OC(=O)CCCCCCC/C=C\C/C=C\CCCCC. The molecule has 0 aromatic carbocycles. The lowest BCUT2D eigenvalue weighted by Crippen LogP contribution is -2.61. The highest BCUT2D eigenvalue weighted by Gasteiger charge is 2.50. The van der Waals surface area contributed by atoms with Gasteiger partial charge in [-0.05, 0) is 109 Å². The molecule has 0 spiro atoms. The van der Waals surface area contributed by atoms with Gasteiger partial charge in [0.15, 0.2) is 24.6 Å². The molecule has 1 heterocycles. The van der Waals surface area contributed by atoms with Crippen molar-refractivity contribution in [2.75, 3.05) is 13.2 Å². The van der Waals surface area contributed by atoms with Gasteiger partial charge in [0.2, 0.25) is 0 Å². The van der Waals surface area contributed by atoms with Crippen LogP contribution in [0.15, 0.2) is 97.2 Å². The first kappa shape index (κ1) is 70.7. The van der Waals surface area contributed by atoms with E-state index in [9.17, 15) is 34.5 Å². The summed E-state index contributed by atoms with van der Waals surface area (Å²) in [6.07, 6.45) is 56.8. The first-order valence-corrected chi connectivity index (χ1v) is 30.2. The van der Waals surface area contributed by atoms with E-state index in [4.69, 9.17) is 23.7 Å². The second-order valence-corrected chi connectivity index (χ2v) is 20.2. The summed E-state index contributed by atoms with van der Waals surface area (Å²) in [5.41, 5.74) is 0. The van der Waals surface area contributed by atoms with Crippen LogP contribution in [0, 0.1) is 0 Å². The third kappa shape index (κ3) is 42.3. The van der Waals surface area contributed by atoms with E-state index in [1.807, 2.05) is 12.2 Å². The summed E-state index contributed by atoms with van der Waals surface area (Å²) in [5.74, 6) is -3.26. The molecular weight excluding hydrogens is 973 g/mol. The number of ether oxygens (including phenoxy) is 5. The number of carbonyl (C=O) groups excluding carboxylic acids is 3. The number of hydrogen-bond acceptors (Lipinski definition) is 11. The second-order valence-electron chi connectivity index (χ2n) is 20.2. The normalized spacial score (nSPS) is 18.7. The summed E-state index contributed by atoms with van der Waals surface area (Å²) in [7, 11) is 0. The Balaban J connectivity index is 2.71. The quantitative estimate of drug-likeness (QED) is 0.0228. The average Bonchev–Trinajstić information content (AvgIpc) is 3.42. The molecule has 1 aliphatic rings. The standard InChI is InChI=1S/C65H106O12/c1-4-7-10-13-16-19-22-25-27-28-29-30-32-34-36-39-42-45-48-51-57(66)73-54-56(75-58(67)52-49-46-43-40-37-33-24-21-18-15-12-9-6-3)55-74-65-63(61(70)60(69)62(77-65)64(71)72)76-59(68)53-50-47-44-41-38-35-31-26-23-20-17-14-11-8-5-2/h9,12,16-21,25-27,31,33,37,43,46,56,60-63,65,69-70H,4-8,10-11,13-15,22-24,28-30,32,34-36,38-42,44-45,47-55H2,1-3H3,(H,71,72)/b12-9-,19-16-,20-17-,21-18-,27-25-,31-26-,37-33-,46-43-. The Kier molecular flexibility index (Phi) is 48.0. The van der Waals surface area contributed by atoms with Gasteiger partial charge in [-0.2, -0.15) is 0 Å². The molecule has 0 aliphatic carbocycles. The molecule has 0 bridgehead atoms. The summed E-state index contributed by atoms with van der Waals surface area (Å²) in [6.45, 7) is 5.75. The van der Waals surface area contributed by atoms with Gasteiger partial charge in [0, 0.05) is 19.3 Å². The van der Waals surface area contributed by atoms with E-state index in [1.165, 1.54) is 77.0 Å². The number of aliphatic hydroxyl groups excluding tert-OH is 2. The van der Waals surface area contributed by atoms with Crippen molar-refractivity contribution < 1.29 is 58.2 Å². The lowest BCUT2D eigenvalue weighted by molar-refractivity contribution is -0.301. The lowest BCUT2D eigenvalue weighted by atomic mass is 9.98. The van der Waals surface area contributed by atoms with Gasteiger partial charge in [0.1, 0.15) is 18.8 Å². The molecule has 6 atom stereocenters. The van der Waals surface area contributed by atoms with Crippen LogP contribution in [-0.4, -0.2) is 89.2 Å². The van der Waals surface area contributed by atoms with Crippen molar-refractivity contribution in [2.45, 2.75) is 276 Å². The van der Waals surface area contributed by atoms with Gasteiger partial charge >= 0.3 is 23.9 Å². The van der Waals surface area contributed by atoms with Crippen LogP contribution in [-0.2, 0) is 42.9 Å². The number of unbranched alkanes of at least 4 members (excludes halogenated alkanes) is 20. The van der Waals surface area contributed by atoms with E-state index in [-0.39, 0.29) is 25.9 Å². The molecule has 0 amide bonds. The average molecular weight is 1080 g/mol. The minimum absolute atomic E-state index is 0.0323. The Morgan fingerprint density at radius 2 is 0.844 bits per heavy atom. The van der Waals surface area contributed by atoms with E-state index in [0.29, 0.717) is 25.7 Å². The van der Waals surface area contributed by atoms with Crippen LogP contribution in [0.3, 0.4) is 0 Å². The van der Waals surface area contributed by atoms with Crippen LogP contribution >= 0.6 is 0 Å². The zero-order valence-electron chi connectivity index (χ0n) is 48.2. The van der Waals surface area contributed by atoms with E-state index in [1.54, 1.807) is 0 Å². The maximum absolute atomic E-state index is 13.1. The molecule has 0 aromatic heterocycles. The van der Waals surface area contributed by atoms with Crippen molar-refractivity contribution in [3.05, 3.63) is 97.2 Å². The largest absolute Gasteiger partial charge is 0.479 e. The molecule has 1 aliphatic heterocycles. The van der Waals surface area contributed by atoms with Crippen molar-refractivity contribution in [3.63, 3.8) is 0 Å². The smallest absolute Gasteiger partial charge is 0.335 e. The minimum Gasteiger partial charge on any atom is -0.479 e. The van der Waals surface area contributed by atoms with E-state index >= 15 is 0 Å². The van der Waals surface area contributed by atoms with Gasteiger partial charge < -0.3 is 39.0 Å². The van der Waals surface area contributed by atoms with Crippen LogP contribution in [0.4, 0.5) is 0 Å². The third-order valence-electron chi connectivity index (χ3n) is 13.1. The number of carbonyl (C=O) groups is 4. The maximum Gasteiger partial charge on any atom is 0.335 e. The van der Waals surface area contributed by atoms with Crippen molar-refractivity contribution >= 4 is 23.9 Å². The molecule has 0 radical (unpaired) electrons. The summed E-state index contributed by atoms with van der Waals surface area (Å²) in [5, 5.41) is 31.5. The van der Waals surface area contributed by atoms with Crippen molar-refractivity contribution in [3.8, 4) is 0 Å². The zero-order valence-corrected chi connectivity index (χ0v) is 48.2. The van der Waals surface area contributed by atoms with Crippen LogP contribution in [0.5, 0.6) is 0 Å². The summed E-state index contributed by atoms with van der Waals surface area (Å²) < 4.78 is 28.3. The molecule has 3 N–H and O–H groups in total. The Hall–Kier alpha value is -4.36. The summed E-state index contributed by atoms with van der Waals surface area (Å²) in [4.78, 5) is 51.1. The van der Waals surface area contributed by atoms with Gasteiger partial charge in [0.05, 0.1) is 6.61 Å². The molecule has 0 saturated carbocycles. The molecule has 12 nitrogen and oxygen atoms in total. The maximum atomic E-state index is 13.1. The molecule has 1 rings (SSSR count). The summed E-state index contributed by atoms with van der Waals surface area (Å²) >= 11 is 0. The second kappa shape index (κ2) is 52.3. The fourth-order valence-electron chi connectivity index (χ4n) is 8.50. The zero-order chi connectivity index (χ0) is 56.1. The summed E-state index contributed by atoms with van der Waals surface area (Å²) in [6, 6.07) is 0. The minimum atomic E-state index is -1.92. The Labute approximate surface area is 466 Å². The van der Waals surface area contributed by atoms with Gasteiger partial charge in [-0.25, -0.2) is 4.79 Å². The molecule has 12 heteroatoms. The highest BCUT2D eigenvalue weighted by molar-refractivity contribution is 5.74. The topological polar surface area (TPSA) is 175 Å². The molecular formula is C65H106O12. The molecule has 438 valence electrons. The van der Waals surface area contributed by atoms with Crippen LogP contribution in [0.1, 0.15) is 239 Å². The van der Waals surface area contributed by atoms with E-state index in [0.717, 1.165) is 96.3 Å². The number of carboxylic acid groups (broad SMARTS) is 1. The van der Waals surface area contributed by atoms with E-state index in [2.05, 4.69) is 106 Å². The number of aliphatic hydroxyl groups is 2. The van der Waals surface area contributed by atoms with Gasteiger partial charge in [-0.1, -0.05) is 208 Å².